The van der Waals surface area contributed by atoms with Crippen molar-refractivity contribution in [1.29, 1.82) is 0 Å². The lowest BCUT2D eigenvalue weighted by Gasteiger charge is -2.43. The van der Waals surface area contributed by atoms with E-state index < -0.39 is 0 Å². The second-order valence-corrected chi connectivity index (χ2v) is 7.20. The van der Waals surface area contributed by atoms with Gasteiger partial charge >= 0.3 is 0 Å². The van der Waals surface area contributed by atoms with Gasteiger partial charge in [0.15, 0.2) is 5.13 Å². The Balaban J connectivity index is 1.64. The fourth-order valence-corrected chi connectivity index (χ4v) is 4.29. The largest absolute Gasteiger partial charge is 0.327 e. The molecule has 104 valence electrons. The predicted molar refractivity (Wildman–Crippen MR) is 77.0 cm³/mol. The Morgan fingerprint density at radius 2 is 2.11 bits per heavy atom. The van der Waals surface area contributed by atoms with Gasteiger partial charge in [0.05, 0.1) is 0 Å². The van der Waals surface area contributed by atoms with E-state index in [0.29, 0.717) is 17.9 Å². The number of carbonyl (C=O) groups excluding carboxylic acids is 1. The van der Waals surface area contributed by atoms with Crippen LogP contribution in [0.15, 0.2) is 6.20 Å². The molecule has 4 nitrogen and oxygen atoms in total. The van der Waals surface area contributed by atoms with Gasteiger partial charge in [-0.3, -0.25) is 4.79 Å². The van der Waals surface area contributed by atoms with Crippen LogP contribution in [-0.2, 0) is 4.79 Å². The minimum atomic E-state index is 0.124. The molecule has 1 amide bonds. The van der Waals surface area contributed by atoms with Crippen LogP contribution < -0.4 is 11.1 Å². The highest BCUT2D eigenvalue weighted by Crippen LogP contribution is 2.42. The second-order valence-electron chi connectivity index (χ2n) is 5.96. The van der Waals surface area contributed by atoms with E-state index in [9.17, 15) is 4.79 Å². The molecule has 0 radical (unpaired) electrons. The van der Waals surface area contributed by atoms with E-state index in [-0.39, 0.29) is 11.8 Å². The Hall–Kier alpha value is -0.940. The van der Waals surface area contributed by atoms with Gasteiger partial charge in [-0.15, -0.1) is 11.3 Å². The first-order chi connectivity index (χ1) is 9.13. The Bertz CT molecular complexity index is 459. The molecule has 3 N–H and O–H groups in total. The van der Waals surface area contributed by atoms with E-state index in [1.165, 1.54) is 30.6 Å². The zero-order chi connectivity index (χ0) is 13.4. The first kappa shape index (κ1) is 13.1. The van der Waals surface area contributed by atoms with E-state index in [1.807, 2.05) is 6.92 Å². The monoisotopic (exact) mass is 279 g/mol. The van der Waals surface area contributed by atoms with Crippen molar-refractivity contribution in [3.63, 3.8) is 0 Å². The van der Waals surface area contributed by atoms with Gasteiger partial charge < -0.3 is 11.1 Å². The standard InChI is InChI=1S/C14H21N3OS/c1-8-7-16-14(19-8)17-13(18)11-5-9-3-2-4-10(6-11)12(9)15/h7,9-12H,2-6,15H2,1H3,(H,16,17,18). The van der Waals surface area contributed by atoms with Gasteiger partial charge in [-0.25, -0.2) is 4.98 Å². The third kappa shape index (κ3) is 2.67. The van der Waals surface area contributed by atoms with Crippen molar-refractivity contribution in [2.45, 2.75) is 45.1 Å². The summed E-state index contributed by atoms with van der Waals surface area (Å²) in [6.07, 6.45) is 7.37. The van der Waals surface area contributed by atoms with Crippen LogP contribution in [0.1, 0.15) is 37.0 Å². The van der Waals surface area contributed by atoms with Crippen molar-refractivity contribution in [2.24, 2.45) is 23.5 Å². The molecule has 0 aromatic carbocycles. The molecule has 1 aromatic heterocycles. The lowest BCUT2D eigenvalue weighted by molar-refractivity contribution is -0.122. The molecular weight excluding hydrogens is 258 g/mol. The number of nitrogens with one attached hydrogen (secondary N) is 1. The van der Waals surface area contributed by atoms with Crippen LogP contribution in [0.2, 0.25) is 0 Å². The number of amides is 1. The Morgan fingerprint density at radius 3 is 2.68 bits per heavy atom. The van der Waals surface area contributed by atoms with Gasteiger partial charge in [0.1, 0.15) is 0 Å². The maximum atomic E-state index is 12.3. The first-order valence-electron chi connectivity index (χ1n) is 7.12. The van der Waals surface area contributed by atoms with E-state index in [2.05, 4.69) is 10.3 Å². The molecule has 2 unspecified atom stereocenters. The number of carbonyl (C=O) groups is 1. The fraction of sp³-hybridized carbons (Fsp3) is 0.714. The third-order valence-electron chi connectivity index (χ3n) is 4.64. The number of hydrogen-bond acceptors (Lipinski definition) is 4. The number of nitrogens with two attached hydrogens (primary N) is 1. The van der Waals surface area contributed by atoms with Crippen LogP contribution in [0.25, 0.3) is 0 Å². The fourth-order valence-electron chi connectivity index (χ4n) is 3.62. The Morgan fingerprint density at radius 1 is 1.42 bits per heavy atom. The van der Waals surface area contributed by atoms with Gasteiger partial charge in [0, 0.05) is 23.0 Å². The molecule has 2 aliphatic carbocycles. The van der Waals surface area contributed by atoms with E-state index in [4.69, 9.17) is 5.73 Å². The highest BCUT2D eigenvalue weighted by molar-refractivity contribution is 7.15. The number of aryl methyl sites for hydroxylation is 1. The summed E-state index contributed by atoms with van der Waals surface area (Å²) < 4.78 is 0. The molecule has 2 saturated carbocycles. The average molecular weight is 279 g/mol. The summed E-state index contributed by atoms with van der Waals surface area (Å²) in [5.41, 5.74) is 6.26. The smallest absolute Gasteiger partial charge is 0.229 e. The summed E-state index contributed by atoms with van der Waals surface area (Å²) >= 11 is 1.53. The Labute approximate surface area is 117 Å². The summed E-state index contributed by atoms with van der Waals surface area (Å²) in [5, 5.41) is 3.69. The predicted octanol–water partition coefficient (Wildman–Crippen LogP) is 2.54. The molecule has 3 rings (SSSR count). The highest BCUT2D eigenvalue weighted by atomic mass is 32.1. The molecule has 19 heavy (non-hydrogen) atoms. The molecular formula is C14H21N3OS. The normalized spacial score (nSPS) is 34.0. The number of rotatable bonds is 2. The van der Waals surface area contributed by atoms with Gasteiger partial charge in [-0.05, 0) is 44.4 Å². The lowest BCUT2D eigenvalue weighted by atomic mass is 9.65. The number of thiazole rings is 1. The summed E-state index contributed by atoms with van der Waals surface area (Å²) in [6, 6.07) is 0.319. The number of hydrogen-bond donors (Lipinski definition) is 2. The molecule has 2 aliphatic rings. The minimum absolute atomic E-state index is 0.124. The zero-order valence-electron chi connectivity index (χ0n) is 11.3. The van der Waals surface area contributed by atoms with Gasteiger partial charge in [-0.2, -0.15) is 0 Å². The molecule has 1 aromatic rings. The number of fused-ring (bicyclic) bond motifs is 2. The van der Waals surface area contributed by atoms with E-state index >= 15 is 0 Å². The average Bonchev–Trinajstić information content (AvgIpc) is 2.74. The highest BCUT2D eigenvalue weighted by Gasteiger charge is 2.40. The summed E-state index contributed by atoms with van der Waals surface area (Å²) in [6.45, 7) is 2.00. The van der Waals surface area contributed by atoms with Crippen LogP contribution in [-0.4, -0.2) is 16.9 Å². The van der Waals surface area contributed by atoms with Crippen molar-refractivity contribution in [1.82, 2.24) is 4.98 Å². The molecule has 5 heteroatoms. The molecule has 2 atom stereocenters. The van der Waals surface area contributed by atoms with Crippen molar-refractivity contribution in [2.75, 3.05) is 5.32 Å². The van der Waals surface area contributed by atoms with Crippen molar-refractivity contribution < 1.29 is 4.79 Å². The van der Waals surface area contributed by atoms with Gasteiger partial charge in [0.25, 0.3) is 0 Å². The maximum absolute atomic E-state index is 12.3. The summed E-state index contributed by atoms with van der Waals surface area (Å²) in [7, 11) is 0. The van der Waals surface area contributed by atoms with Crippen LogP contribution in [0, 0.1) is 24.7 Å². The molecule has 0 saturated heterocycles. The number of anilines is 1. The number of nitrogens with zero attached hydrogens (tertiary/aromatic N) is 1. The molecule has 2 fully saturated rings. The van der Waals surface area contributed by atoms with E-state index in [1.54, 1.807) is 6.20 Å². The van der Waals surface area contributed by atoms with Crippen molar-refractivity contribution in [3.05, 3.63) is 11.1 Å². The third-order valence-corrected chi connectivity index (χ3v) is 5.46. The van der Waals surface area contributed by atoms with Crippen LogP contribution in [0.5, 0.6) is 0 Å². The van der Waals surface area contributed by atoms with Crippen LogP contribution >= 0.6 is 11.3 Å². The van der Waals surface area contributed by atoms with Gasteiger partial charge in [-0.1, -0.05) is 6.42 Å². The molecule has 1 heterocycles. The summed E-state index contributed by atoms with van der Waals surface area (Å²) in [4.78, 5) is 17.7. The van der Waals surface area contributed by atoms with Crippen molar-refractivity contribution in [3.8, 4) is 0 Å². The lowest BCUT2D eigenvalue weighted by Crippen LogP contribution is -2.48. The second kappa shape index (κ2) is 5.21. The van der Waals surface area contributed by atoms with E-state index in [0.717, 1.165) is 22.9 Å². The summed E-state index contributed by atoms with van der Waals surface area (Å²) in [5.74, 6) is 1.35. The van der Waals surface area contributed by atoms with Crippen LogP contribution in [0.4, 0.5) is 5.13 Å². The SMILES string of the molecule is Cc1cnc(NC(=O)C2CC3CCCC(C2)C3N)s1. The maximum Gasteiger partial charge on any atom is 0.229 e. The number of aromatic nitrogens is 1. The van der Waals surface area contributed by atoms with Crippen LogP contribution in [0.3, 0.4) is 0 Å². The Kier molecular flexibility index (Phi) is 3.58. The molecule has 2 bridgehead atoms. The topological polar surface area (TPSA) is 68.0 Å². The first-order valence-corrected chi connectivity index (χ1v) is 7.94. The quantitative estimate of drug-likeness (QED) is 0.874. The molecule has 0 aliphatic heterocycles. The zero-order valence-corrected chi connectivity index (χ0v) is 12.1. The molecule has 0 spiro atoms. The minimum Gasteiger partial charge on any atom is -0.327 e. The van der Waals surface area contributed by atoms with Crippen molar-refractivity contribution >= 4 is 22.4 Å². The van der Waals surface area contributed by atoms with Gasteiger partial charge in [0.2, 0.25) is 5.91 Å².